The molecule has 0 saturated carbocycles. The third kappa shape index (κ3) is 8.22. The zero-order chi connectivity index (χ0) is 30.9. The van der Waals surface area contributed by atoms with Gasteiger partial charge in [-0.2, -0.15) is 48.0 Å². The number of hydrogen-bond acceptors (Lipinski definition) is 0. The Morgan fingerprint density at radius 1 is 0.721 bits per heavy atom. The summed E-state index contributed by atoms with van der Waals surface area (Å²) < 4.78 is 1.50. The summed E-state index contributed by atoms with van der Waals surface area (Å²) in [4.78, 5) is 0. The second kappa shape index (κ2) is 15.3. The van der Waals surface area contributed by atoms with E-state index in [0.29, 0.717) is 0 Å². The maximum Gasteiger partial charge on any atom is -0.0253 e. The average molecular weight is 745 g/mol. The second-order valence-corrected chi connectivity index (χ2v) is 19.5. The van der Waals surface area contributed by atoms with Crippen LogP contribution in [0.2, 0.25) is 18.1 Å². The van der Waals surface area contributed by atoms with Crippen LogP contribution in [0.15, 0.2) is 121 Å². The third-order valence-electron chi connectivity index (χ3n) is 9.03. The largest absolute Gasteiger partial charge is 0.214 e. The van der Waals surface area contributed by atoms with Crippen molar-refractivity contribution in [3.63, 3.8) is 0 Å². The van der Waals surface area contributed by atoms with Crippen molar-refractivity contribution in [3.05, 3.63) is 155 Å². The molecule has 0 aromatic heterocycles. The summed E-state index contributed by atoms with van der Waals surface area (Å²) in [7, 11) is -1.26. The summed E-state index contributed by atoms with van der Waals surface area (Å²) >= 11 is 1.07. The van der Waals surface area contributed by atoms with E-state index in [1.807, 2.05) is 36.4 Å². The smallest absolute Gasteiger partial charge is 0.0253 e. The van der Waals surface area contributed by atoms with Gasteiger partial charge >= 0.3 is 171 Å². The normalized spacial score (nSPS) is 11.8. The molecule has 0 saturated heterocycles. The minimum atomic E-state index is -1.26. The molecule has 0 unspecified atom stereocenters. The van der Waals surface area contributed by atoms with Gasteiger partial charge in [-0.25, -0.2) is 12.1 Å². The molecule has 0 aliphatic heterocycles. The fraction of sp³-hybridized carbons (Fsp3) is 0.268. The molecule has 6 rings (SSSR count). The van der Waals surface area contributed by atoms with Crippen LogP contribution >= 0.6 is 0 Å². The summed E-state index contributed by atoms with van der Waals surface area (Å²) in [5.41, 5.74) is 9.93. The average Bonchev–Trinajstić information content (AvgIpc) is 3.75. The number of benzene rings is 4. The molecular formula is C41H46HfSi. The van der Waals surface area contributed by atoms with E-state index >= 15 is 0 Å². The van der Waals surface area contributed by atoms with Crippen LogP contribution in [0.1, 0.15) is 69.4 Å². The molecule has 218 valence electrons. The Bertz CT molecular complexity index is 1500. The minimum absolute atomic E-state index is 0.222. The Morgan fingerprint density at radius 3 is 1.81 bits per heavy atom. The molecule has 0 spiro atoms. The quantitative estimate of drug-likeness (QED) is 0.118. The van der Waals surface area contributed by atoms with E-state index in [4.69, 9.17) is 0 Å². The molecule has 0 fully saturated rings. The SMILES string of the molecule is CC[Si](CC)(CC)c1ccc([C](=[Hf+2])c2ccc(C(C)(C)C)cc2)cc1.[c-]1cccc2c1Cc1ccccc1-2.c1cc[cH-]c1. The molecule has 5 aromatic rings. The van der Waals surface area contributed by atoms with Gasteiger partial charge in [-0.3, -0.25) is 0 Å². The summed E-state index contributed by atoms with van der Waals surface area (Å²) in [6, 6.07) is 51.0. The maximum atomic E-state index is 3.30. The Labute approximate surface area is 276 Å². The third-order valence-corrected chi connectivity index (χ3v) is 16.7. The van der Waals surface area contributed by atoms with Crippen LogP contribution in [0.25, 0.3) is 11.1 Å². The molecule has 5 aromatic carbocycles. The van der Waals surface area contributed by atoms with Gasteiger partial charge in [0, 0.05) is 0 Å². The molecular weight excluding hydrogens is 699 g/mol. The van der Waals surface area contributed by atoms with Crippen molar-refractivity contribution in [2.24, 2.45) is 0 Å². The molecule has 0 bridgehead atoms. The van der Waals surface area contributed by atoms with Crippen LogP contribution < -0.4 is 5.19 Å². The zero-order valence-corrected chi connectivity index (χ0v) is 31.5. The molecule has 43 heavy (non-hydrogen) atoms. The van der Waals surface area contributed by atoms with Crippen molar-refractivity contribution >= 4 is 16.5 Å². The number of rotatable bonds is 6. The van der Waals surface area contributed by atoms with Crippen molar-refractivity contribution < 1.29 is 23.9 Å². The van der Waals surface area contributed by atoms with Crippen LogP contribution in [0.4, 0.5) is 0 Å². The first kappa shape index (κ1) is 33.1. The predicted octanol–water partition coefficient (Wildman–Crippen LogP) is 10.3. The van der Waals surface area contributed by atoms with E-state index in [1.54, 1.807) is 5.19 Å². The van der Waals surface area contributed by atoms with Crippen molar-refractivity contribution in [3.8, 4) is 11.1 Å². The zero-order valence-electron chi connectivity index (χ0n) is 26.9. The van der Waals surface area contributed by atoms with Crippen LogP contribution in [-0.2, 0) is 35.7 Å². The molecule has 0 atom stereocenters. The molecule has 0 heterocycles. The fourth-order valence-corrected chi connectivity index (χ4v) is 10.8. The van der Waals surface area contributed by atoms with Crippen LogP contribution in [0.5, 0.6) is 0 Å². The van der Waals surface area contributed by atoms with Gasteiger partial charge in [0.1, 0.15) is 0 Å². The Kier molecular flexibility index (Phi) is 11.7. The first-order valence-electron chi connectivity index (χ1n) is 15.8. The number of fused-ring (bicyclic) bond motifs is 3. The Balaban J connectivity index is 0.000000191. The molecule has 0 radical (unpaired) electrons. The van der Waals surface area contributed by atoms with E-state index in [2.05, 4.69) is 133 Å². The van der Waals surface area contributed by atoms with Gasteiger partial charge in [0.05, 0.1) is 0 Å². The molecule has 0 N–H and O–H groups in total. The molecule has 1 aliphatic carbocycles. The van der Waals surface area contributed by atoms with Gasteiger partial charge in [0.2, 0.25) is 0 Å². The Morgan fingerprint density at radius 2 is 1.28 bits per heavy atom. The fourth-order valence-electron chi connectivity index (χ4n) is 5.97. The van der Waals surface area contributed by atoms with Crippen molar-refractivity contribution in [1.82, 2.24) is 0 Å². The van der Waals surface area contributed by atoms with E-state index in [9.17, 15) is 0 Å². The van der Waals surface area contributed by atoms with Crippen LogP contribution in [-0.4, -0.2) is 11.3 Å². The van der Waals surface area contributed by atoms with E-state index in [-0.39, 0.29) is 5.41 Å². The van der Waals surface area contributed by atoms with Crippen molar-refractivity contribution in [2.75, 3.05) is 0 Å². The van der Waals surface area contributed by atoms with E-state index in [0.717, 1.165) is 30.3 Å². The van der Waals surface area contributed by atoms with Gasteiger partial charge in [-0.05, 0) is 6.42 Å². The standard InChI is InChI=1S/C23H32Si.C13H9.C5H5.Hf/c1-7-24(8-2,9-3)22-16-12-20(13-17-22)18-19-10-14-21(15-11-19)23(4,5)6;1-3-7-12-10(5-1)9-11-6-2-4-8-13(11)12;1-2-4-5-3-1;/h10-17H,7-9H2,1-6H3;1-5,7-8H,9H2;1-5H;/q;2*-1;+2. The van der Waals surface area contributed by atoms with Crippen molar-refractivity contribution in [2.45, 2.75) is 71.5 Å². The summed E-state index contributed by atoms with van der Waals surface area (Å²) in [5.74, 6) is 0. The van der Waals surface area contributed by atoms with Gasteiger partial charge in [0.15, 0.2) is 0 Å². The molecule has 0 nitrogen and oxygen atoms in total. The van der Waals surface area contributed by atoms with Gasteiger partial charge in [-0.1, -0.05) is 35.4 Å². The molecule has 2 heteroatoms. The van der Waals surface area contributed by atoms with Gasteiger partial charge in [-0.15, -0.1) is 5.56 Å². The van der Waals surface area contributed by atoms with Crippen molar-refractivity contribution in [1.29, 1.82) is 0 Å². The predicted molar refractivity (Wildman–Crippen MR) is 187 cm³/mol. The topological polar surface area (TPSA) is 0 Å². The van der Waals surface area contributed by atoms with Gasteiger partial charge < -0.3 is 0 Å². The maximum absolute atomic E-state index is 3.30. The number of hydrogen-bond donors (Lipinski definition) is 0. The minimum Gasteiger partial charge on any atom is -0.214 e. The summed E-state index contributed by atoms with van der Waals surface area (Å²) in [6.45, 7) is 14.0. The molecule has 0 amide bonds. The summed E-state index contributed by atoms with van der Waals surface area (Å²) in [5, 5.41) is 1.64. The second-order valence-electron chi connectivity index (χ2n) is 12.5. The van der Waals surface area contributed by atoms with Crippen LogP contribution in [0, 0.1) is 6.07 Å². The van der Waals surface area contributed by atoms with Crippen LogP contribution in [0.3, 0.4) is 0 Å². The summed E-state index contributed by atoms with van der Waals surface area (Å²) in [6.07, 6.45) is 1.05. The first-order chi connectivity index (χ1) is 20.7. The van der Waals surface area contributed by atoms with E-state index < -0.39 is 8.07 Å². The Hall–Kier alpha value is -2.81. The van der Waals surface area contributed by atoms with E-state index in [1.165, 1.54) is 60.3 Å². The monoisotopic (exact) mass is 746 g/mol. The molecule has 1 aliphatic rings. The van der Waals surface area contributed by atoms with Gasteiger partial charge in [0.25, 0.3) is 0 Å². The first-order valence-corrected chi connectivity index (χ1v) is 20.2.